The number of benzene rings is 1. The summed E-state index contributed by atoms with van der Waals surface area (Å²) in [5, 5.41) is 15.4. The van der Waals surface area contributed by atoms with Crippen molar-refractivity contribution in [3.8, 4) is 0 Å². The second-order valence-electron chi connectivity index (χ2n) is 7.40. The maximum absolute atomic E-state index is 5.15. The number of piperidine rings is 1. The van der Waals surface area contributed by atoms with Gasteiger partial charge in [0, 0.05) is 52.1 Å². The van der Waals surface area contributed by atoms with Gasteiger partial charge in [0.15, 0.2) is 11.8 Å². The number of hydrogen-bond donors (Lipinski definition) is 2. The fourth-order valence-electron chi connectivity index (χ4n) is 3.43. The van der Waals surface area contributed by atoms with Crippen LogP contribution in [-0.2, 0) is 18.3 Å². The number of aryl methyl sites for hydroxylation is 1. The smallest absolute Gasteiger partial charge is 0.191 e. The van der Waals surface area contributed by atoms with Crippen LogP contribution < -0.4 is 15.5 Å². The molecule has 1 saturated heterocycles. The molecule has 2 N–H and O–H groups in total. The van der Waals surface area contributed by atoms with Gasteiger partial charge in [0.2, 0.25) is 0 Å². The van der Waals surface area contributed by atoms with Crippen molar-refractivity contribution in [1.29, 1.82) is 0 Å². The topological polar surface area (TPSA) is 79.6 Å². The number of nitrogens with one attached hydrogen (secondary N) is 2. The van der Waals surface area contributed by atoms with Gasteiger partial charge in [-0.15, -0.1) is 10.2 Å². The van der Waals surface area contributed by atoms with Crippen molar-refractivity contribution in [2.45, 2.75) is 38.8 Å². The van der Waals surface area contributed by atoms with Crippen LogP contribution in [-0.4, -0.2) is 60.1 Å². The van der Waals surface area contributed by atoms with Crippen molar-refractivity contribution >= 4 is 11.6 Å². The van der Waals surface area contributed by atoms with Gasteiger partial charge < -0.3 is 24.8 Å². The van der Waals surface area contributed by atoms with Crippen molar-refractivity contribution < 1.29 is 4.74 Å². The number of hydrogen-bond acceptors (Lipinski definition) is 5. The highest BCUT2D eigenvalue weighted by molar-refractivity contribution is 5.80. The van der Waals surface area contributed by atoms with E-state index in [1.807, 2.05) is 18.5 Å². The Balaban J connectivity index is 1.56. The molecule has 8 heteroatoms. The van der Waals surface area contributed by atoms with Gasteiger partial charge in [-0.25, -0.2) is 4.99 Å². The first-order valence-electron chi connectivity index (χ1n) is 10.4. The summed E-state index contributed by atoms with van der Waals surface area (Å²) in [5.41, 5.74) is 1.30. The van der Waals surface area contributed by atoms with Crippen molar-refractivity contribution in [3.05, 3.63) is 42.0 Å². The monoisotopic (exact) mass is 399 g/mol. The molecule has 1 fully saturated rings. The summed E-state index contributed by atoms with van der Waals surface area (Å²) in [6.07, 6.45) is 3.10. The molecule has 0 atom stereocenters. The molecule has 0 aliphatic carbocycles. The fourth-order valence-corrected chi connectivity index (χ4v) is 3.43. The number of aliphatic imine (C=N–C) groups is 1. The molecule has 3 rings (SSSR count). The predicted octanol–water partition coefficient (Wildman–Crippen LogP) is 1.86. The third-order valence-corrected chi connectivity index (χ3v) is 5.34. The average molecular weight is 400 g/mol. The molecule has 1 aromatic carbocycles. The molecular weight excluding hydrogens is 366 g/mol. The van der Waals surface area contributed by atoms with Gasteiger partial charge in [-0.05, 0) is 38.3 Å². The van der Waals surface area contributed by atoms with Gasteiger partial charge in [0.1, 0.15) is 12.4 Å². The largest absolute Gasteiger partial charge is 0.385 e. The summed E-state index contributed by atoms with van der Waals surface area (Å²) in [4.78, 5) is 7.20. The molecule has 0 amide bonds. The Hall–Kier alpha value is -2.61. The third-order valence-electron chi connectivity index (χ3n) is 5.34. The number of guanidine groups is 1. The van der Waals surface area contributed by atoms with E-state index in [2.05, 4.69) is 56.1 Å². The van der Waals surface area contributed by atoms with E-state index >= 15 is 0 Å². The molecule has 1 aliphatic heterocycles. The molecule has 2 aromatic rings. The molecule has 0 spiro atoms. The van der Waals surface area contributed by atoms with Gasteiger partial charge in [-0.3, -0.25) is 0 Å². The Bertz CT molecular complexity index is 767. The molecular formula is C21H33N7O. The summed E-state index contributed by atoms with van der Waals surface area (Å²) in [6, 6.07) is 11.0. The molecule has 0 unspecified atom stereocenters. The maximum atomic E-state index is 5.15. The standard InChI is InChI=1S/C21H33N7O/c1-17-25-26-20(27(17)2)16-23-21(22-12-7-15-29-3)24-18-10-13-28(14-11-18)19-8-5-4-6-9-19/h4-6,8-9,18H,7,10-16H2,1-3H3,(H2,22,23,24). The molecule has 0 bridgehead atoms. The Morgan fingerprint density at radius 3 is 2.62 bits per heavy atom. The van der Waals surface area contributed by atoms with Crippen LogP contribution in [0.15, 0.2) is 35.3 Å². The number of ether oxygens (including phenoxy) is 1. The van der Waals surface area contributed by atoms with Gasteiger partial charge in [0.25, 0.3) is 0 Å². The summed E-state index contributed by atoms with van der Waals surface area (Å²) in [7, 11) is 3.70. The number of anilines is 1. The maximum Gasteiger partial charge on any atom is 0.191 e. The van der Waals surface area contributed by atoms with Gasteiger partial charge in [0.05, 0.1) is 0 Å². The Kier molecular flexibility index (Phi) is 7.86. The van der Waals surface area contributed by atoms with Crippen LogP contribution in [0.2, 0.25) is 0 Å². The minimum absolute atomic E-state index is 0.407. The van der Waals surface area contributed by atoms with Crippen LogP contribution in [0.5, 0.6) is 0 Å². The van der Waals surface area contributed by atoms with Crippen LogP contribution >= 0.6 is 0 Å². The summed E-state index contributed by atoms with van der Waals surface area (Å²) in [5.74, 6) is 2.59. The van der Waals surface area contributed by atoms with Crippen LogP contribution in [0, 0.1) is 6.92 Å². The number of methoxy groups -OCH3 is 1. The predicted molar refractivity (Wildman–Crippen MR) is 116 cm³/mol. The van der Waals surface area contributed by atoms with Crippen molar-refractivity contribution in [2.75, 3.05) is 38.3 Å². The zero-order valence-electron chi connectivity index (χ0n) is 17.8. The third kappa shape index (κ3) is 6.19. The first kappa shape index (κ1) is 21.1. The van der Waals surface area contributed by atoms with Gasteiger partial charge in [-0.1, -0.05) is 18.2 Å². The van der Waals surface area contributed by atoms with Gasteiger partial charge >= 0.3 is 0 Å². The van der Waals surface area contributed by atoms with Gasteiger partial charge in [-0.2, -0.15) is 0 Å². The Morgan fingerprint density at radius 2 is 1.97 bits per heavy atom. The lowest BCUT2D eigenvalue weighted by Crippen LogP contribution is -2.49. The lowest BCUT2D eigenvalue weighted by Gasteiger charge is -2.34. The van der Waals surface area contributed by atoms with E-state index in [1.54, 1.807) is 7.11 Å². The van der Waals surface area contributed by atoms with E-state index in [1.165, 1.54) is 5.69 Å². The Morgan fingerprint density at radius 1 is 1.21 bits per heavy atom. The summed E-state index contributed by atoms with van der Waals surface area (Å²) < 4.78 is 7.12. The van der Waals surface area contributed by atoms with Crippen LogP contribution in [0.25, 0.3) is 0 Å². The summed E-state index contributed by atoms with van der Waals surface area (Å²) >= 11 is 0. The SMILES string of the molecule is COCCCNC(=NCc1nnc(C)n1C)NC1CCN(c2ccccc2)CC1. The Labute approximate surface area is 173 Å². The van der Waals surface area contributed by atoms with Crippen LogP contribution in [0.4, 0.5) is 5.69 Å². The minimum atomic E-state index is 0.407. The lowest BCUT2D eigenvalue weighted by atomic mass is 10.0. The first-order valence-corrected chi connectivity index (χ1v) is 10.4. The second kappa shape index (κ2) is 10.8. The molecule has 8 nitrogen and oxygen atoms in total. The van der Waals surface area contributed by atoms with Crippen molar-refractivity contribution in [3.63, 3.8) is 0 Å². The number of nitrogens with zero attached hydrogens (tertiary/aromatic N) is 5. The van der Waals surface area contributed by atoms with E-state index in [4.69, 9.17) is 9.73 Å². The minimum Gasteiger partial charge on any atom is -0.385 e. The van der Waals surface area contributed by atoms with E-state index < -0.39 is 0 Å². The number of para-hydroxylation sites is 1. The molecule has 0 saturated carbocycles. The molecule has 1 aromatic heterocycles. The normalized spacial score (nSPS) is 15.6. The molecule has 2 heterocycles. The highest BCUT2D eigenvalue weighted by Gasteiger charge is 2.20. The average Bonchev–Trinajstić information content (AvgIpc) is 3.08. The van der Waals surface area contributed by atoms with E-state index in [0.29, 0.717) is 12.6 Å². The quantitative estimate of drug-likeness (QED) is 0.401. The lowest BCUT2D eigenvalue weighted by molar-refractivity contribution is 0.195. The first-order chi connectivity index (χ1) is 14.2. The van der Waals surface area contributed by atoms with Crippen LogP contribution in [0.1, 0.15) is 30.9 Å². The fraction of sp³-hybridized carbons (Fsp3) is 0.571. The molecule has 29 heavy (non-hydrogen) atoms. The summed E-state index contributed by atoms with van der Waals surface area (Å²) in [6.45, 7) is 6.09. The zero-order valence-corrected chi connectivity index (χ0v) is 17.8. The highest BCUT2D eigenvalue weighted by Crippen LogP contribution is 2.19. The zero-order chi connectivity index (χ0) is 20.5. The second-order valence-corrected chi connectivity index (χ2v) is 7.40. The molecule has 1 aliphatic rings. The van der Waals surface area contributed by atoms with Crippen molar-refractivity contribution in [1.82, 2.24) is 25.4 Å². The number of aromatic nitrogens is 3. The highest BCUT2D eigenvalue weighted by atomic mass is 16.5. The van der Waals surface area contributed by atoms with Crippen LogP contribution in [0.3, 0.4) is 0 Å². The van der Waals surface area contributed by atoms with E-state index in [-0.39, 0.29) is 0 Å². The van der Waals surface area contributed by atoms with E-state index in [0.717, 1.165) is 63.1 Å². The number of rotatable bonds is 8. The van der Waals surface area contributed by atoms with E-state index in [9.17, 15) is 0 Å². The molecule has 0 radical (unpaired) electrons. The molecule has 158 valence electrons. The van der Waals surface area contributed by atoms with Crippen molar-refractivity contribution in [2.24, 2.45) is 12.0 Å².